The Hall–Kier alpha value is -2.75. The van der Waals surface area contributed by atoms with Crippen LogP contribution in [-0.2, 0) is 17.8 Å². The molecule has 0 radical (unpaired) electrons. The van der Waals surface area contributed by atoms with Gasteiger partial charge < -0.3 is 10.1 Å². The number of nitrogens with one attached hydrogen (secondary N) is 2. The van der Waals surface area contributed by atoms with Crippen LogP contribution >= 0.6 is 22.7 Å². The number of hydrogen-bond donors (Lipinski definition) is 2. The summed E-state index contributed by atoms with van der Waals surface area (Å²) in [5, 5.41) is 10.1. The molecule has 1 aliphatic rings. The molecule has 7 nitrogen and oxygen atoms in total. The van der Waals surface area contributed by atoms with E-state index >= 15 is 0 Å². The topological polar surface area (TPSA) is 83.6 Å². The van der Waals surface area contributed by atoms with Crippen LogP contribution in [-0.4, -0.2) is 47.9 Å². The Bertz CT molecular complexity index is 1040. The number of amides is 2. The second-order valence-corrected chi connectivity index (χ2v) is 9.49. The molecule has 1 aromatic carbocycles. The van der Waals surface area contributed by atoms with E-state index in [2.05, 4.69) is 26.6 Å². The van der Waals surface area contributed by atoms with Gasteiger partial charge in [0.2, 0.25) is 5.91 Å². The maximum atomic E-state index is 12.5. The van der Waals surface area contributed by atoms with E-state index in [9.17, 15) is 9.59 Å². The van der Waals surface area contributed by atoms with Crippen LogP contribution in [0, 0.1) is 0 Å². The lowest BCUT2D eigenvalue weighted by atomic mass is 10.0. The highest BCUT2D eigenvalue weighted by Crippen LogP contribution is 2.22. The second-order valence-electron chi connectivity index (χ2n) is 7.68. The van der Waals surface area contributed by atoms with Gasteiger partial charge in [-0.15, -0.1) is 22.7 Å². The molecule has 0 bridgehead atoms. The number of hydrogen-bond acceptors (Lipinski definition) is 7. The Morgan fingerprint density at radius 3 is 2.72 bits per heavy atom. The lowest BCUT2D eigenvalue weighted by molar-refractivity contribution is -0.121. The van der Waals surface area contributed by atoms with Crippen LogP contribution in [0.15, 0.2) is 47.2 Å². The zero-order valence-electron chi connectivity index (χ0n) is 17.9. The van der Waals surface area contributed by atoms with Crippen molar-refractivity contribution in [3.05, 3.63) is 63.3 Å². The molecule has 1 fully saturated rings. The molecule has 168 valence electrons. The molecule has 9 heteroatoms. The van der Waals surface area contributed by atoms with E-state index in [1.807, 2.05) is 35.0 Å². The van der Waals surface area contributed by atoms with E-state index in [1.165, 1.54) is 28.2 Å². The number of methoxy groups -OCH3 is 1. The molecule has 1 saturated heterocycles. The molecular formula is C23H26N4O3S2. The molecule has 3 aromatic rings. The third kappa shape index (κ3) is 5.93. The van der Waals surface area contributed by atoms with Crippen LogP contribution in [0.2, 0.25) is 0 Å². The fraction of sp³-hybridized carbons (Fsp3) is 0.348. The molecule has 0 unspecified atom stereocenters. The molecule has 2 aromatic heterocycles. The molecule has 2 N–H and O–H groups in total. The van der Waals surface area contributed by atoms with Gasteiger partial charge in [-0.1, -0.05) is 24.3 Å². The Balaban J connectivity index is 1.21. The number of benzene rings is 1. The summed E-state index contributed by atoms with van der Waals surface area (Å²) >= 11 is 2.71. The zero-order valence-corrected chi connectivity index (χ0v) is 19.5. The van der Waals surface area contributed by atoms with Crippen LogP contribution in [0.4, 0.5) is 5.13 Å². The number of piperidine rings is 1. The van der Waals surface area contributed by atoms with Gasteiger partial charge in [-0.05, 0) is 30.4 Å². The maximum absolute atomic E-state index is 12.5. The van der Waals surface area contributed by atoms with Crippen LogP contribution in [0.25, 0.3) is 0 Å². The van der Waals surface area contributed by atoms with E-state index in [4.69, 9.17) is 4.74 Å². The molecular weight excluding hydrogens is 444 g/mol. The minimum absolute atomic E-state index is 0.0328. The van der Waals surface area contributed by atoms with Crippen molar-refractivity contribution in [3.8, 4) is 5.75 Å². The smallest absolute Gasteiger partial charge is 0.267 e. The first-order valence-electron chi connectivity index (χ1n) is 10.5. The summed E-state index contributed by atoms with van der Waals surface area (Å²) in [4.78, 5) is 32.0. The van der Waals surface area contributed by atoms with Gasteiger partial charge in [-0.2, -0.15) is 0 Å². The van der Waals surface area contributed by atoms with Crippen molar-refractivity contribution in [2.45, 2.75) is 31.8 Å². The quantitative estimate of drug-likeness (QED) is 0.523. The summed E-state index contributed by atoms with van der Waals surface area (Å²) in [6.07, 6.45) is 2.05. The Morgan fingerprint density at radius 1 is 1.16 bits per heavy atom. The summed E-state index contributed by atoms with van der Waals surface area (Å²) in [7, 11) is 1.70. The van der Waals surface area contributed by atoms with Gasteiger partial charge in [0.25, 0.3) is 5.91 Å². The number of anilines is 1. The third-order valence-electron chi connectivity index (χ3n) is 5.40. The van der Waals surface area contributed by atoms with Crippen molar-refractivity contribution in [1.82, 2.24) is 15.2 Å². The number of para-hydroxylation sites is 1. The predicted octanol–water partition coefficient (Wildman–Crippen LogP) is 3.79. The number of rotatable bonds is 8. The van der Waals surface area contributed by atoms with Crippen LogP contribution in [0.3, 0.4) is 0 Å². The molecule has 4 rings (SSSR count). The van der Waals surface area contributed by atoms with E-state index in [0.29, 0.717) is 15.7 Å². The highest BCUT2D eigenvalue weighted by Gasteiger charge is 2.22. The van der Waals surface area contributed by atoms with Crippen molar-refractivity contribution in [2.75, 3.05) is 25.5 Å². The summed E-state index contributed by atoms with van der Waals surface area (Å²) in [6, 6.07) is 11.9. The molecule has 0 atom stereocenters. The van der Waals surface area contributed by atoms with Gasteiger partial charge in [-0.3, -0.25) is 19.8 Å². The number of carbonyl (C=O) groups is 2. The first-order chi connectivity index (χ1) is 15.6. The van der Waals surface area contributed by atoms with Gasteiger partial charge in [0.1, 0.15) is 5.75 Å². The summed E-state index contributed by atoms with van der Waals surface area (Å²) in [5.74, 6) is 0.706. The first-order valence-corrected chi connectivity index (χ1v) is 12.3. The molecule has 0 saturated carbocycles. The highest BCUT2D eigenvalue weighted by molar-refractivity contribution is 7.14. The van der Waals surface area contributed by atoms with Crippen LogP contribution < -0.4 is 15.4 Å². The maximum Gasteiger partial charge on any atom is 0.267 e. The van der Waals surface area contributed by atoms with E-state index < -0.39 is 0 Å². The van der Waals surface area contributed by atoms with Crippen molar-refractivity contribution < 1.29 is 14.3 Å². The number of ether oxygens (including phenoxy) is 1. The number of thiophene rings is 1. The van der Waals surface area contributed by atoms with Gasteiger partial charge in [0, 0.05) is 36.6 Å². The minimum atomic E-state index is -0.176. The normalized spacial score (nSPS) is 14.8. The van der Waals surface area contributed by atoms with Crippen molar-refractivity contribution in [2.24, 2.45) is 0 Å². The predicted molar refractivity (Wildman–Crippen MR) is 128 cm³/mol. The van der Waals surface area contributed by atoms with Gasteiger partial charge >= 0.3 is 0 Å². The number of carbonyl (C=O) groups excluding carboxylic acids is 2. The standard InChI is InChI=1S/C23H26N4O3S2/c1-30-19-6-3-2-5-16(19)14-27-10-8-17(9-11-27)24-21(28)13-18-15-32-23(25-18)26-22(29)20-7-4-12-31-20/h2-7,12,15,17H,8-11,13-14H2,1H3,(H,24,28)(H,25,26,29). The number of likely N-dealkylation sites (tertiary alicyclic amines) is 1. The number of aromatic nitrogens is 1. The first kappa shape index (κ1) is 22.4. The lowest BCUT2D eigenvalue weighted by Crippen LogP contribution is -2.44. The van der Waals surface area contributed by atoms with Gasteiger partial charge in [0.15, 0.2) is 5.13 Å². The molecule has 1 aliphatic heterocycles. The summed E-state index contributed by atoms with van der Waals surface area (Å²) in [6.45, 7) is 2.71. The Morgan fingerprint density at radius 2 is 1.97 bits per heavy atom. The molecule has 32 heavy (non-hydrogen) atoms. The summed E-state index contributed by atoms with van der Waals surface area (Å²) in [5.41, 5.74) is 1.85. The van der Waals surface area contributed by atoms with Crippen LogP contribution in [0.1, 0.15) is 33.8 Å². The largest absolute Gasteiger partial charge is 0.496 e. The summed E-state index contributed by atoms with van der Waals surface area (Å²) < 4.78 is 5.45. The van der Waals surface area contributed by atoms with E-state index in [0.717, 1.165) is 38.2 Å². The van der Waals surface area contributed by atoms with Crippen molar-refractivity contribution in [3.63, 3.8) is 0 Å². The SMILES string of the molecule is COc1ccccc1CN1CCC(NC(=O)Cc2csc(NC(=O)c3cccs3)n2)CC1. The Labute approximate surface area is 195 Å². The highest BCUT2D eigenvalue weighted by atomic mass is 32.1. The Kier molecular flexibility index (Phi) is 7.51. The lowest BCUT2D eigenvalue weighted by Gasteiger charge is -2.32. The molecule has 0 aliphatic carbocycles. The van der Waals surface area contributed by atoms with E-state index in [-0.39, 0.29) is 24.3 Å². The second kappa shape index (κ2) is 10.7. The monoisotopic (exact) mass is 470 g/mol. The zero-order chi connectivity index (χ0) is 22.3. The number of thiazole rings is 1. The number of nitrogens with zero attached hydrogens (tertiary/aromatic N) is 2. The van der Waals surface area contributed by atoms with Crippen molar-refractivity contribution in [1.29, 1.82) is 0 Å². The fourth-order valence-corrected chi connectivity index (χ4v) is 5.09. The molecule has 0 spiro atoms. The van der Waals surface area contributed by atoms with Crippen LogP contribution in [0.5, 0.6) is 5.75 Å². The van der Waals surface area contributed by atoms with E-state index in [1.54, 1.807) is 13.2 Å². The van der Waals surface area contributed by atoms with Crippen molar-refractivity contribution >= 4 is 39.6 Å². The minimum Gasteiger partial charge on any atom is -0.496 e. The average molecular weight is 471 g/mol. The molecule has 3 heterocycles. The fourth-order valence-electron chi connectivity index (χ4n) is 3.77. The van der Waals surface area contributed by atoms with Gasteiger partial charge in [0.05, 0.1) is 24.1 Å². The third-order valence-corrected chi connectivity index (χ3v) is 7.07. The van der Waals surface area contributed by atoms with Gasteiger partial charge in [-0.25, -0.2) is 4.98 Å². The molecule has 2 amide bonds. The average Bonchev–Trinajstić information content (AvgIpc) is 3.48.